The van der Waals surface area contributed by atoms with Crippen LogP contribution in [0, 0.1) is 6.92 Å². The zero-order valence-corrected chi connectivity index (χ0v) is 20.3. The fraction of sp³-hybridized carbons (Fsp3) is 0.478. The van der Waals surface area contributed by atoms with Crippen molar-refractivity contribution in [3.05, 3.63) is 65.5 Å². The Morgan fingerprint density at radius 1 is 1.20 bits per heavy atom. The molecule has 0 radical (unpaired) electrons. The van der Waals surface area contributed by atoms with Gasteiger partial charge in [-0.05, 0) is 55.5 Å². The van der Waals surface area contributed by atoms with Gasteiger partial charge in [0.15, 0.2) is 5.96 Å². The lowest BCUT2D eigenvalue weighted by molar-refractivity contribution is 0.186. The fourth-order valence-electron chi connectivity index (χ4n) is 3.65. The molecule has 2 aromatic rings. The molecule has 1 unspecified atom stereocenters. The molecule has 3 N–H and O–H groups in total. The number of benzene rings is 1. The first-order valence-corrected chi connectivity index (χ1v) is 10.6. The van der Waals surface area contributed by atoms with Gasteiger partial charge >= 0.3 is 0 Å². The van der Waals surface area contributed by atoms with Crippen molar-refractivity contribution in [2.45, 2.75) is 45.4 Å². The molecule has 1 aromatic carbocycles. The third kappa shape index (κ3) is 7.52. The van der Waals surface area contributed by atoms with Crippen LogP contribution >= 0.6 is 24.0 Å². The van der Waals surface area contributed by atoms with Gasteiger partial charge in [-0.2, -0.15) is 0 Å². The maximum atomic E-state index is 10.3. The third-order valence-electron chi connectivity index (χ3n) is 5.44. The second-order valence-corrected chi connectivity index (χ2v) is 7.64. The molecule has 0 amide bonds. The maximum absolute atomic E-state index is 10.3. The molecule has 1 aliphatic heterocycles. The molecular weight excluding hydrogens is 489 g/mol. The number of hydrogen-bond donors (Lipinski definition) is 3. The Morgan fingerprint density at radius 3 is 2.57 bits per heavy atom. The van der Waals surface area contributed by atoms with Crippen LogP contribution in [0.25, 0.3) is 0 Å². The molecule has 0 bridgehead atoms. The molecule has 1 saturated heterocycles. The highest BCUT2D eigenvalue weighted by Crippen LogP contribution is 2.16. The number of nitrogens with zero attached hydrogens (tertiary/aromatic N) is 3. The summed E-state index contributed by atoms with van der Waals surface area (Å²) in [6.45, 7) is 8.53. The summed E-state index contributed by atoms with van der Waals surface area (Å²) >= 11 is 0. The highest BCUT2D eigenvalue weighted by atomic mass is 127. The van der Waals surface area contributed by atoms with E-state index in [1.807, 2.05) is 12.1 Å². The van der Waals surface area contributed by atoms with E-state index in [1.54, 1.807) is 12.4 Å². The van der Waals surface area contributed by atoms with E-state index in [4.69, 9.17) is 0 Å². The Balaban J connectivity index is 0.00000320. The van der Waals surface area contributed by atoms with E-state index >= 15 is 0 Å². The minimum atomic E-state index is -0.621. The highest BCUT2D eigenvalue weighted by Gasteiger charge is 2.20. The molecule has 0 saturated carbocycles. The van der Waals surface area contributed by atoms with Gasteiger partial charge in [-0.3, -0.25) is 14.9 Å². The van der Waals surface area contributed by atoms with Gasteiger partial charge in [-0.15, -0.1) is 24.0 Å². The van der Waals surface area contributed by atoms with E-state index < -0.39 is 6.10 Å². The van der Waals surface area contributed by atoms with Crippen molar-refractivity contribution >= 4 is 29.9 Å². The number of rotatable bonds is 7. The van der Waals surface area contributed by atoms with Crippen molar-refractivity contribution in [3.8, 4) is 0 Å². The molecule has 0 spiro atoms. The Labute approximate surface area is 197 Å². The Bertz CT molecular complexity index is 778. The van der Waals surface area contributed by atoms with Crippen LogP contribution in [0.3, 0.4) is 0 Å². The first-order valence-electron chi connectivity index (χ1n) is 10.6. The lowest BCUT2D eigenvalue weighted by atomic mass is 10.0. The van der Waals surface area contributed by atoms with Gasteiger partial charge in [-0.25, -0.2) is 0 Å². The van der Waals surface area contributed by atoms with Crippen molar-refractivity contribution < 1.29 is 5.11 Å². The second kappa shape index (κ2) is 12.9. The van der Waals surface area contributed by atoms with E-state index in [2.05, 4.69) is 63.6 Å². The lowest BCUT2D eigenvalue weighted by Gasteiger charge is -2.33. The molecular formula is C23H34IN5O. The SMILES string of the molecule is CCNC(=NCC(O)c1ccncc1)NC1CCN(Cc2ccccc2C)CC1.I. The first kappa shape index (κ1) is 24.6. The second-order valence-electron chi connectivity index (χ2n) is 7.64. The molecule has 6 nitrogen and oxygen atoms in total. The summed E-state index contributed by atoms with van der Waals surface area (Å²) in [5.41, 5.74) is 3.62. The minimum absolute atomic E-state index is 0. The summed E-state index contributed by atoms with van der Waals surface area (Å²) in [5.74, 6) is 0.776. The van der Waals surface area contributed by atoms with Crippen LogP contribution in [0.1, 0.15) is 42.6 Å². The smallest absolute Gasteiger partial charge is 0.191 e. The Morgan fingerprint density at radius 2 is 1.90 bits per heavy atom. The first-order chi connectivity index (χ1) is 14.2. The lowest BCUT2D eigenvalue weighted by Crippen LogP contribution is -2.48. The zero-order chi connectivity index (χ0) is 20.5. The Hall–Kier alpha value is -1.71. The largest absolute Gasteiger partial charge is 0.386 e. The number of aryl methyl sites for hydroxylation is 1. The molecule has 164 valence electrons. The van der Waals surface area contributed by atoms with Crippen LogP contribution in [0.5, 0.6) is 0 Å². The van der Waals surface area contributed by atoms with Crippen LogP contribution in [-0.2, 0) is 6.54 Å². The Kier molecular flexibility index (Phi) is 10.5. The number of guanidine groups is 1. The molecule has 1 aromatic heterocycles. The summed E-state index contributed by atoms with van der Waals surface area (Å²) in [6.07, 6.45) is 4.93. The number of nitrogens with one attached hydrogen (secondary N) is 2. The number of halogens is 1. The minimum Gasteiger partial charge on any atom is -0.386 e. The van der Waals surface area contributed by atoms with Crippen LogP contribution in [0.2, 0.25) is 0 Å². The predicted molar refractivity (Wildman–Crippen MR) is 133 cm³/mol. The van der Waals surface area contributed by atoms with Gasteiger partial charge in [0.05, 0.1) is 12.6 Å². The van der Waals surface area contributed by atoms with Crippen molar-refractivity contribution in [2.75, 3.05) is 26.2 Å². The maximum Gasteiger partial charge on any atom is 0.191 e. The molecule has 1 aliphatic rings. The number of piperidine rings is 1. The number of pyridine rings is 1. The van der Waals surface area contributed by atoms with Gasteiger partial charge in [0.25, 0.3) is 0 Å². The number of aromatic nitrogens is 1. The number of aliphatic imine (C=N–C) groups is 1. The number of hydrogen-bond acceptors (Lipinski definition) is 4. The summed E-state index contributed by atoms with van der Waals surface area (Å²) in [7, 11) is 0. The van der Waals surface area contributed by atoms with Crippen LogP contribution in [-0.4, -0.2) is 53.2 Å². The average Bonchev–Trinajstić information content (AvgIpc) is 2.75. The quantitative estimate of drug-likeness (QED) is 0.295. The van der Waals surface area contributed by atoms with Gasteiger partial charge < -0.3 is 15.7 Å². The summed E-state index contributed by atoms with van der Waals surface area (Å²) in [5, 5.41) is 17.2. The molecule has 1 fully saturated rings. The molecule has 0 aliphatic carbocycles. The molecule has 2 heterocycles. The van der Waals surface area contributed by atoms with Crippen molar-refractivity contribution in [1.29, 1.82) is 0 Å². The number of likely N-dealkylation sites (tertiary alicyclic amines) is 1. The molecule has 3 rings (SSSR count). The van der Waals surface area contributed by atoms with Crippen molar-refractivity contribution in [2.24, 2.45) is 4.99 Å². The number of aliphatic hydroxyl groups is 1. The van der Waals surface area contributed by atoms with E-state index in [9.17, 15) is 5.11 Å². The van der Waals surface area contributed by atoms with Gasteiger partial charge in [0, 0.05) is 44.6 Å². The van der Waals surface area contributed by atoms with Gasteiger partial charge in [0.2, 0.25) is 0 Å². The molecule has 30 heavy (non-hydrogen) atoms. The third-order valence-corrected chi connectivity index (χ3v) is 5.44. The highest BCUT2D eigenvalue weighted by molar-refractivity contribution is 14.0. The van der Waals surface area contributed by atoms with E-state index in [0.717, 1.165) is 50.5 Å². The monoisotopic (exact) mass is 523 g/mol. The molecule has 7 heteroatoms. The van der Waals surface area contributed by atoms with Crippen molar-refractivity contribution in [1.82, 2.24) is 20.5 Å². The topological polar surface area (TPSA) is 72.8 Å². The predicted octanol–water partition coefficient (Wildman–Crippen LogP) is 3.26. The van der Waals surface area contributed by atoms with Crippen LogP contribution in [0.4, 0.5) is 0 Å². The summed E-state index contributed by atoms with van der Waals surface area (Å²) < 4.78 is 0. The van der Waals surface area contributed by atoms with Gasteiger partial charge in [-0.1, -0.05) is 24.3 Å². The standard InChI is InChI=1S/C23H33N5O.HI/c1-3-25-23(26-16-22(29)19-8-12-24-13-9-19)27-21-10-14-28(15-11-21)17-20-7-5-4-6-18(20)2;/h4-9,12-13,21-22,29H,3,10-11,14-17H2,1-2H3,(H2,25,26,27);1H. The van der Waals surface area contributed by atoms with Crippen LogP contribution < -0.4 is 10.6 Å². The number of aliphatic hydroxyl groups excluding tert-OH is 1. The van der Waals surface area contributed by atoms with Crippen LogP contribution in [0.15, 0.2) is 53.8 Å². The zero-order valence-electron chi connectivity index (χ0n) is 17.9. The summed E-state index contributed by atoms with van der Waals surface area (Å²) in [6, 6.07) is 12.7. The van der Waals surface area contributed by atoms with E-state index in [1.165, 1.54) is 11.1 Å². The van der Waals surface area contributed by atoms with E-state index in [0.29, 0.717) is 12.6 Å². The fourth-order valence-corrected chi connectivity index (χ4v) is 3.65. The summed E-state index contributed by atoms with van der Waals surface area (Å²) in [4.78, 5) is 11.1. The normalized spacial score (nSPS) is 16.6. The van der Waals surface area contributed by atoms with Gasteiger partial charge in [0.1, 0.15) is 0 Å². The molecule has 1 atom stereocenters. The van der Waals surface area contributed by atoms with E-state index in [-0.39, 0.29) is 24.0 Å². The average molecular weight is 523 g/mol. The van der Waals surface area contributed by atoms with Crippen molar-refractivity contribution in [3.63, 3.8) is 0 Å².